The van der Waals surface area contributed by atoms with Crippen LogP contribution in [-0.4, -0.2) is 25.1 Å². The molecule has 0 unspecified atom stereocenters. The second-order valence-electron chi connectivity index (χ2n) is 8.59. The maximum absolute atomic E-state index is 14.1. The fraction of sp³-hybridized carbons (Fsp3) is 0.273. The molecule has 0 radical (unpaired) electrons. The van der Waals surface area contributed by atoms with Gasteiger partial charge in [0.1, 0.15) is 23.4 Å². The Morgan fingerprint density at radius 1 is 1.14 bits per heavy atom. The molecule has 0 saturated heterocycles. The number of ether oxygens (including phenoxy) is 1. The SMILES string of the molecule is CC(C)(C)OC(=O)N(c1cscn1)S(=O)(=O)c1ccc(N[C@@H](N)c2cc(F)ccc2F)c(C(F)(F)F)c1. The van der Waals surface area contributed by atoms with Crippen molar-refractivity contribution in [3.05, 3.63) is 70.1 Å². The molecule has 0 aliphatic carbocycles. The van der Waals surface area contributed by atoms with Crippen molar-refractivity contribution in [3.8, 4) is 0 Å². The van der Waals surface area contributed by atoms with E-state index < -0.39 is 67.4 Å². The fourth-order valence-electron chi connectivity index (χ4n) is 3.07. The highest BCUT2D eigenvalue weighted by Gasteiger charge is 2.39. The van der Waals surface area contributed by atoms with Gasteiger partial charge in [-0.1, -0.05) is 0 Å². The number of nitrogens with two attached hydrogens (primary N) is 1. The minimum atomic E-state index is -5.11. The molecular weight excluding hydrogens is 543 g/mol. The molecule has 1 aromatic heterocycles. The van der Waals surface area contributed by atoms with Crippen molar-refractivity contribution < 1.29 is 39.9 Å². The van der Waals surface area contributed by atoms with Crippen LogP contribution in [0.3, 0.4) is 0 Å². The predicted molar refractivity (Wildman–Crippen MR) is 126 cm³/mol. The van der Waals surface area contributed by atoms with Crippen LogP contribution in [0.2, 0.25) is 0 Å². The Balaban J connectivity index is 2.07. The number of hydrogen-bond acceptors (Lipinski definition) is 8. The summed E-state index contributed by atoms with van der Waals surface area (Å²) < 4.78 is 101. The molecule has 0 aliphatic heterocycles. The topological polar surface area (TPSA) is 115 Å². The lowest BCUT2D eigenvalue weighted by atomic mass is 10.1. The van der Waals surface area contributed by atoms with Gasteiger partial charge in [-0.2, -0.15) is 13.2 Å². The van der Waals surface area contributed by atoms with E-state index in [1.165, 1.54) is 31.7 Å². The van der Waals surface area contributed by atoms with Crippen LogP contribution in [0.5, 0.6) is 0 Å². The quantitative estimate of drug-likeness (QED) is 0.294. The third-order valence-corrected chi connectivity index (χ3v) is 6.87. The molecule has 0 spiro atoms. The van der Waals surface area contributed by atoms with E-state index in [1.54, 1.807) is 0 Å². The lowest BCUT2D eigenvalue weighted by Gasteiger charge is -2.26. The van der Waals surface area contributed by atoms with Crippen LogP contribution >= 0.6 is 11.3 Å². The number of halogens is 5. The maximum atomic E-state index is 14.1. The number of nitrogens with zero attached hydrogens (tertiary/aromatic N) is 2. The first-order chi connectivity index (χ1) is 17.0. The van der Waals surface area contributed by atoms with E-state index in [0.717, 1.165) is 35.6 Å². The number of amides is 1. The van der Waals surface area contributed by atoms with E-state index in [0.29, 0.717) is 6.07 Å². The van der Waals surface area contributed by atoms with Crippen molar-refractivity contribution >= 4 is 39.0 Å². The van der Waals surface area contributed by atoms with Gasteiger partial charge in [-0.05, 0) is 57.2 Å². The van der Waals surface area contributed by atoms with Crippen molar-refractivity contribution in [2.24, 2.45) is 5.73 Å². The van der Waals surface area contributed by atoms with Gasteiger partial charge in [-0.15, -0.1) is 15.6 Å². The molecule has 0 bridgehead atoms. The van der Waals surface area contributed by atoms with Crippen LogP contribution in [0.1, 0.15) is 38.1 Å². The zero-order valence-corrected chi connectivity index (χ0v) is 21.1. The molecule has 3 rings (SSSR count). The van der Waals surface area contributed by atoms with Crippen molar-refractivity contribution in [1.82, 2.24) is 4.98 Å². The van der Waals surface area contributed by atoms with E-state index in [-0.39, 0.29) is 16.2 Å². The van der Waals surface area contributed by atoms with Gasteiger partial charge in [-0.25, -0.2) is 27.0 Å². The van der Waals surface area contributed by atoms with Crippen LogP contribution in [-0.2, 0) is 20.9 Å². The number of carbonyl (C=O) groups excluding carboxylic acids is 1. The van der Waals surface area contributed by atoms with Crippen molar-refractivity contribution in [2.75, 3.05) is 9.62 Å². The summed E-state index contributed by atoms with van der Waals surface area (Å²) in [7, 11) is -4.95. The van der Waals surface area contributed by atoms with Gasteiger partial charge in [0, 0.05) is 16.6 Å². The molecule has 1 atom stereocenters. The molecule has 3 aromatic rings. The molecule has 1 heterocycles. The monoisotopic (exact) mass is 564 g/mol. The molecular formula is C22H21F5N4O4S2. The number of aromatic nitrogens is 1. The Morgan fingerprint density at radius 3 is 2.38 bits per heavy atom. The van der Waals surface area contributed by atoms with E-state index in [4.69, 9.17) is 10.5 Å². The van der Waals surface area contributed by atoms with Crippen LogP contribution in [0.4, 0.5) is 38.3 Å². The number of alkyl halides is 3. The molecule has 37 heavy (non-hydrogen) atoms. The number of anilines is 2. The summed E-state index contributed by atoms with van der Waals surface area (Å²) in [6.45, 7) is 4.43. The van der Waals surface area contributed by atoms with Crippen LogP contribution in [0, 0.1) is 11.6 Å². The molecule has 3 N–H and O–H groups in total. The largest absolute Gasteiger partial charge is 0.443 e. The Kier molecular flexibility index (Phi) is 7.81. The molecule has 1 amide bonds. The van der Waals surface area contributed by atoms with Gasteiger partial charge in [-0.3, -0.25) is 0 Å². The molecule has 0 saturated carbocycles. The molecule has 0 aliphatic rings. The second-order valence-corrected chi connectivity index (χ2v) is 11.1. The number of thiazole rings is 1. The summed E-state index contributed by atoms with van der Waals surface area (Å²) in [5.74, 6) is -2.21. The smallest absolute Gasteiger partial charge is 0.430 e. The number of nitrogens with one attached hydrogen (secondary N) is 1. The highest BCUT2D eigenvalue weighted by molar-refractivity contribution is 7.93. The second kappa shape index (κ2) is 10.2. The highest BCUT2D eigenvalue weighted by Crippen LogP contribution is 2.38. The molecule has 200 valence electrons. The lowest BCUT2D eigenvalue weighted by Crippen LogP contribution is -2.41. The molecule has 8 nitrogen and oxygen atoms in total. The predicted octanol–water partition coefficient (Wildman–Crippen LogP) is 5.64. The summed E-state index contributed by atoms with van der Waals surface area (Å²) in [6.07, 6.45) is -8.10. The highest BCUT2D eigenvalue weighted by atomic mass is 32.2. The first-order valence-electron chi connectivity index (χ1n) is 10.4. The third-order valence-electron chi connectivity index (χ3n) is 4.63. The zero-order valence-electron chi connectivity index (χ0n) is 19.5. The minimum absolute atomic E-state index is 0.158. The van der Waals surface area contributed by atoms with Crippen molar-refractivity contribution in [1.29, 1.82) is 0 Å². The van der Waals surface area contributed by atoms with Crippen LogP contribution < -0.4 is 15.4 Å². The molecule has 15 heteroatoms. The minimum Gasteiger partial charge on any atom is -0.443 e. The standard InChI is InChI=1S/C22H21F5N4O4S2/c1-21(2,3)35-20(32)31(18-10-36-11-29-18)37(33,34)13-5-7-17(15(9-13)22(25,26)27)30-19(28)14-8-12(23)4-6-16(14)24/h4-11,19,30H,28H2,1-3H3/t19-/m1/s1. The van der Waals surface area contributed by atoms with E-state index in [2.05, 4.69) is 10.3 Å². The van der Waals surface area contributed by atoms with Gasteiger partial charge < -0.3 is 15.8 Å². The summed E-state index contributed by atoms with van der Waals surface area (Å²) >= 11 is 0.945. The summed E-state index contributed by atoms with van der Waals surface area (Å²) in [4.78, 5) is 15.6. The summed E-state index contributed by atoms with van der Waals surface area (Å²) in [5, 5.41) is 3.43. The number of benzene rings is 2. The van der Waals surface area contributed by atoms with Crippen molar-refractivity contribution in [3.63, 3.8) is 0 Å². The zero-order chi connectivity index (χ0) is 27.8. The van der Waals surface area contributed by atoms with Gasteiger partial charge >= 0.3 is 12.3 Å². The molecule has 0 fully saturated rings. The lowest BCUT2D eigenvalue weighted by molar-refractivity contribution is -0.137. The number of sulfonamides is 1. The van der Waals surface area contributed by atoms with Crippen LogP contribution in [0.25, 0.3) is 0 Å². The third kappa shape index (κ3) is 6.53. The molecule has 2 aromatic carbocycles. The average molecular weight is 565 g/mol. The van der Waals surface area contributed by atoms with Gasteiger partial charge in [0.15, 0.2) is 5.82 Å². The Labute approximate surface area is 212 Å². The van der Waals surface area contributed by atoms with Gasteiger partial charge in [0.25, 0.3) is 10.0 Å². The number of carbonyl (C=O) groups is 1. The average Bonchev–Trinajstić information content (AvgIpc) is 3.27. The summed E-state index contributed by atoms with van der Waals surface area (Å²) in [6, 6.07) is 4.12. The van der Waals surface area contributed by atoms with Crippen LogP contribution in [0.15, 0.2) is 52.2 Å². The first-order valence-corrected chi connectivity index (χ1v) is 12.7. The van der Waals surface area contributed by atoms with E-state index >= 15 is 0 Å². The maximum Gasteiger partial charge on any atom is 0.430 e. The fourth-order valence-corrected chi connectivity index (χ4v) is 4.95. The van der Waals surface area contributed by atoms with Gasteiger partial charge in [0.2, 0.25) is 0 Å². The Bertz CT molecular complexity index is 1390. The van der Waals surface area contributed by atoms with Crippen molar-refractivity contribution in [2.45, 2.75) is 43.6 Å². The number of rotatable bonds is 6. The normalized spacial score (nSPS) is 13.2. The Hall–Kier alpha value is -3.30. The first kappa shape index (κ1) is 28.3. The Morgan fingerprint density at radius 2 is 1.81 bits per heavy atom. The van der Waals surface area contributed by atoms with Gasteiger partial charge in [0.05, 0.1) is 16.0 Å². The van der Waals surface area contributed by atoms with E-state index in [1.807, 2.05) is 0 Å². The summed E-state index contributed by atoms with van der Waals surface area (Å²) in [5.41, 5.74) is 3.21. The van der Waals surface area contributed by atoms with E-state index in [9.17, 15) is 35.2 Å². The number of hydrogen-bond donors (Lipinski definition) is 2.